The van der Waals surface area contributed by atoms with Crippen LogP contribution in [0.15, 0.2) is 0 Å². The third-order valence-corrected chi connectivity index (χ3v) is 3.24. The van der Waals surface area contributed by atoms with Crippen LogP contribution in [0.4, 0.5) is 0 Å². The van der Waals surface area contributed by atoms with Crippen LogP contribution < -0.4 is 16.4 Å². The van der Waals surface area contributed by atoms with Crippen molar-refractivity contribution in [3.63, 3.8) is 0 Å². The van der Waals surface area contributed by atoms with Gasteiger partial charge in [-0.15, -0.1) is 0 Å². The number of amides is 3. The van der Waals surface area contributed by atoms with Crippen LogP contribution in [0.5, 0.6) is 0 Å². The van der Waals surface area contributed by atoms with E-state index in [2.05, 4.69) is 10.6 Å². The predicted octanol–water partition coefficient (Wildman–Crippen LogP) is -0.965. The second kappa shape index (κ2) is 4.73. The molecule has 1 aliphatic heterocycles. The van der Waals surface area contributed by atoms with Crippen molar-refractivity contribution < 1.29 is 14.4 Å². The summed E-state index contributed by atoms with van der Waals surface area (Å²) >= 11 is 0. The Kier molecular flexibility index (Phi) is 3.31. The van der Waals surface area contributed by atoms with Crippen molar-refractivity contribution in [3.05, 3.63) is 0 Å². The Morgan fingerprint density at radius 1 is 1.41 bits per heavy atom. The largest absolute Gasteiger partial charge is 0.368 e. The smallest absolute Gasteiger partial charge is 0.243 e. The van der Waals surface area contributed by atoms with Crippen LogP contribution >= 0.6 is 0 Å². The van der Waals surface area contributed by atoms with E-state index < -0.39 is 18.0 Å². The average molecular weight is 239 g/mol. The molecule has 1 saturated carbocycles. The molecule has 0 spiro atoms. The standard InChI is InChI=1S/C11H17N3O3/c12-10(16)8(5-6-1-2-6)14-11(17)7-3-4-9(15)13-7/h6-8H,1-5H2,(H2,12,16)(H,13,15)(H,14,17)/t7-,8-/m0/s1. The molecule has 2 fully saturated rings. The molecule has 0 bridgehead atoms. The maximum Gasteiger partial charge on any atom is 0.243 e. The second-order valence-corrected chi connectivity index (χ2v) is 4.80. The Bertz CT molecular complexity index is 352. The third kappa shape index (κ3) is 3.18. The zero-order chi connectivity index (χ0) is 12.4. The molecule has 2 atom stereocenters. The van der Waals surface area contributed by atoms with Gasteiger partial charge in [-0.05, 0) is 18.8 Å². The number of rotatable bonds is 5. The molecule has 6 nitrogen and oxygen atoms in total. The second-order valence-electron chi connectivity index (χ2n) is 4.80. The van der Waals surface area contributed by atoms with Crippen molar-refractivity contribution in [2.24, 2.45) is 11.7 Å². The summed E-state index contributed by atoms with van der Waals surface area (Å²) in [7, 11) is 0. The summed E-state index contributed by atoms with van der Waals surface area (Å²) in [5.41, 5.74) is 5.25. The first kappa shape index (κ1) is 11.9. The quantitative estimate of drug-likeness (QED) is 0.575. The minimum atomic E-state index is -0.604. The number of hydrogen-bond donors (Lipinski definition) is 3. The summed E-state index contributed by atoms with van der Waals surface area (Å²) in [6.07, 6.45) is 3.66. The number of nitrogens with two attached hydrogens (primary N) is 1. The van der Waals surface area contributed by atoms with Crippen LogP contribution in [-0.4, -0.2) is 29.8 Å². The first-order valence-electron chi connectivity index (χ1n) is 5.95. The van der Waals surface area contributed by atoms with Gasteiger partial charge < -0.3 is 16.4 Å². The fourth-order valence-corrected chi connectivity index (χ4v) is 2.02. The van der Waals surface area contributed by atoms with Gasteiger partial charge >= 0.3 is 0 Å². The molecule has 17 heavy (non-hydrogen) atoms. The molecule has 0 aromatic carbocycles. The predicted molar refractivity (Wildman–Crippen MR) is 59.6 cm³/mol. The van der Waals surface area contributed by atoms with Gasteiger partial charge in [-0.25, -0.2) is 0 Å². The molecule has 0 aromatic rings. The maximum atomic E-state index is 11.8. The molecule has 2 aliphatic rings. The number of nitrogens with one attached hydrogen (secondary N) is 2. The fraction of sp³-hybridized carbons (Fsp3) is 0.727. The molecule has 1 aliphatic carbocycles. The summed E-state index contributed by atoms with van der Waals surface area (Å²) in [4.78, 5) is 34.0. The highest BCUT2D eigenvalue weighted by atomic mass is 16.2. The van der Waals surface area contributed by atoms with Gasteiger partial charge in [0, 0.05) is 6.42 Å². The van der Waals surface area contributed by atoms with E-state index >= 15 is 0 Å². The van der Waals surface area contributed by atoms with Crippen molar-refractivity contribution in [2.75, 3.05) is 0 Å². The van der Waals surface area contributed by atoms with E-state index in [1.807, 2.05) is 0 Å². The van der Waals surface area contributed by atoms with Crippen LogP contribution in [0.2, 0.25) is 0 Å². The molecule has 1 heterocycles. The van der Waals surface area contributed by atoms with Gasteiger partial charge in [0.05, 0.1) is 0 Å². The molecule has 1 saturated heterocycles. The zero-order valence-corrected chi connectivity index (χ0v) is 9.57. The first-order chi connectivity index (χ1) is 8.06. The van der Waals surface area contributed by atoms with Crippen molar-refractivity contribution >= 4 is 17.7 Å². The van der Waals surface area contributed by atoms with Gasteiger partial charge in [-0.2, -0.15) is 0 Å². The lowest BCUT2D eigenvalue weighted by molar-refractivity contribution is -0.129. The minimum Gasteiger partial charge on any atom is -0.368 e. The molecule has 6 heteroatoms. The molecule has 2 rings (SSSR count). The van der Waals surface area contributed by atoms with Gasteiger partial charge in [-0.3, -0.25) is 14.4 Å². The van der Waals surface area contributed by atoms with Gasteiger partial charge in [-0.1, -0.05) is 12.8 Å². The fourth-order valence-electron chi connectivity index (χ4n) is 2.02. The molecule has 0 radical (unpaired) electrons. The van der Waals surface area contributed by atoms with E-state index in [1.54, 1.807) is 0 Å². The summed E-state index contributed by atoms with van der Waals surface area (Å²) in [5, 5.41) is 5.19. The van der Waals surface area contributed by atoms with Crippen LogP contribution in [0.3, 0.4) is 0 Å². The van der Waals surface area contributed by atoms with Crippen LogP contribution in [0.1, 0.15) is 32.1 Å². The Morgan fingerprint density at radius 2 is 2.12 bits per heavy atom. The van der Waals surface area contributed by atoms with Crippen LogP contribution in [0.25, 0.3) is 0 Å². The molecular weight excluding hydrogens is 222 g/mol. The molecule has 0 aromatic heterocycles. The average Bonchev–Trinajstić information content (AvgIpc) is 2.97. The molecule has 4 N–H and O–H groups in total. The zero-order valence-electron chi connectivity index (χ0n) is 9.57. The number of carbonyl (C=O) groups excluding carboxylic acids is 3. The molecule has 0 unspecified atom stereocenters. The topological polar surface area (TPSA) is 101 Å². The number of carbonyl (C=O) groups is 3. The van der Waals surface area contributed by atoms with E-state index in [1.165, 1.54) is 0 Å². The number of primary amides is 1. The van der Waals surface area contributed by atoms with E-state index in [0.29, 0.717) is 25.2 Å². The van der Waals surface area contributed by atoms with E-state index in [9.17, 15) is 14.4 Å². The van der Waals surface area contributed by atoms with E-state index in [4.69, 9.17) is 5.73 Å². The highest BCUT2D eigenvalue weighted by Crippen LogP contribution is 2.33. The summed E-state index contributed by atoms with van der Waals surface area (Å²) in [6.45, 7) is 0. The number of hydrogen-bond acceptors (Lipinski definition) is 3. The molecule has 3 amide bonds. The van der Waals surface area contributed by atoms with Gasteiger partial charge in [0.25, 0.3) is 0 Å². The van der Waals surface area contributed by atoms with Crippen LogP contribution in [0, 0.1) is 5.92 Å². The lowest BCUT2D eigenvalue weighted by Crippen LogP contribution is -2.50. The Labute approximate surface area is 99.3 Å². The van der Waals surface area contributed by atoms with Gasteiger partial charge in [0.2, 0.25) is 17.7 Å². The third-order valence-electron chi connectivity index (χ3n) is 3.24. The lowest BCUT2D eigenvalue weighted by atomic mass is 10.1. The Morgan fingerprint density at radius 3 is 2.59 bits per heavy atom. The van der Waals surface area contributed by atoms with Crippen molar-refractivity contribution in [1.29, 1.82) is 0 Å². The van der Waals surface area contributed by atoms with E-state index in [0.717, 1.165) is 12.8 Å². The first-order valence-corrected chi connectivity index (χ1v) is 5.95. The molecule has 94 valence electrons. The van der Waals surface area contributed by atoms with Crippen molar-refractivity contribution in [2.45, 2.75) is 44.2 Å². The SMILES string of the molecule is NC(=O)[C@H](CC1CC1)NC(=O)[C@@H]1CCC(=O)N1. The Hall–Kier alpha value is -1.59. The maximum absolute atomic E-state index is 11.8. The van der Waals surface area contributed by atoms with Crippen molar-refractivity contribution in [3.8, 4) is 0 Å². The highest BCUT2D eigenvalue weighted by Gasteiger charge is 2.32. The summed E-state index contributed by atoms with van der Waals surface area (Å²) in [6, 6.07) is -1.11. The van der Waals surface area contributed by atoms with Crippen molar-refractivity contribution in [1.82, 2.24) is 10.6 Å². The van der Waals surface area contributed by atoms with Gasteiger partial charge in [0.1, 0.15) is 12.1 Å². The normalized spacial score (nSPS) is 25.2. The van der Waals surface area contributed by atoms with Crippen LogP contribution in [-0.2, 0) is 14.4 Å². The lowest BCUT2D eigenvalue weighted by Gasteiger charge is -2.17. The minimum absolute atomic E-state index is 0.122. The summed E-state index contributed by atoms with van der Waals surface area (Å²) in [5.74, 6) is -0.427. The van der Waals surface area contributed by atoms with E-state index in [-0.39, 0.29) is 11.8 Å². The Balaban J connectivity index is 1.85. The highest BCUT2D eigenvalue weighted by molar-refractivity contribution is 5.93. The molecular formula is C11H17N3O3. The summed E-state index contributed by atoms with van der Waals surface area (Å²) < 4.78 is 0. The monoisotopic (exact) mass is 239 g/mol. The van der Waals surface area contributed by atoms with Gasteiger partial charge in [0.15, 0.2) is 0 Å².